The van der Waals surface area contributed by atoms with Gasteiger partial charge in [-0.05, 0) is 50.2 Å². The monoisotopic (exact) mass is 415 g/mol. The minimum atomic E-state index is -0.410. The molecule has 1 unspecified atom stereocenters. The van der Waals surface area contributed by atoms with E-state index in [1.54, 1.807) is 4.90 Å². The van der Waals surface area contributed by atoms with Crippen LogP contribution in [0.5, 0.6) is 5.75 Å². The number of hydrogen-bond acceptors (Lipinski definition) is 6. The largest absolute Gasteiger partial charge is 0.486 e. The summed E-state index contributed by atoms with van der Waals surface area (Å²) in [4.78, 5) is 14.6. The molecule has 1 amide bonds. The van der Waals surface area contributed by atoms with Crippen LogP contribution in [0, 0.1) is 5.82 Å². The third-order valence-corrected chi connectivity index (χ3v) is 5.24. The summed E-state index contributed by atoms with van der Waals surface area (Å²) in [7, 11) is 0. The van der Waals surface area contributed by atoms with Crippen LogP contribution < -0.4 is 15.5 Å². The van der Waals surface area contributed by atoms with Crippen LogP contribution in [0.4, 0.5) is 10.1 Å². The van der Waals surface area contributed by atoms with Gasteiger partial charge in [0, 0.05) is 12.2 Å². The molecule has 0 aliphatic rings. The Kier molecular flexibility index (Phi) is 6.71. The van der Waals surface area contributed by atoms with Gasteiger partial charge in [0.15, 0.2) is 5.82 Å². The minimum absolute atomic E-state index is 0.0455. The Morgan fingerprint density at radius 3 is 2.55 bits per heavy atom. The second-order valence-corrected chi connectivity index (χ2v) is 7.50. The van der Waals surface area contributed by atoms with Gasteiger partial charge < -0.3 is 15.5 Å². The highest BCUT2D eigenvalue weighted by Crippen LogP contribution is 2.25. The Morgan fingerprint density at radius 1 is 1.21 bits per heavy atom. The number of carbonyl (C=O) groups excluding carboxylic acids is 1. The van der Waals surface area contributed by atoms with Crippen LogP contribution in [0.3, 0.4) is 0 Å². The summed E-state index contributed by atoms with van der Waals surface area (Å²) in [5.74, 6) is 6.57. The number of nitrogen functional groups attached to an aromatic ring is 1. The number of hydrogen-bond donors (Lipinski definition) is 1. The molecule has 7 nitrogen and oxygen atoms in total. The van der Waals surface area contributed by atoms with Crippen LogP contribution in [0.25, 0.3) is 0 Å². The van der Waals surface area contributed by atoms with Crippen molar-refractivity contribution in [1.29, 1.82) is 0 Å². The first kappa shape index (κ1) is 20.7. The van der Waals surface area contributed by atoms with Crippen LogP contribution in [0.2, 0.25) is 0 Å². The van der Waals surface area contributed by atoms with E-state index in [9.17, 15) is 9.18 Å². The van der Waals surface area contributed by atoms with Gasteiger partial charge in [0.1, 0.15) is 18.2 Å². The number of nitrogens with two attached hydrogens (primary N) is 1. The Morgan fingerprint density at radius 2 is 1.90 bits per heavy atom. The smallest absolute Gasteiger partial charge is 0.240 e. The summed E-state index contributed by atoms with van der Waals surface area (Å²) in [6.45, 7) is 4.36. The summed E-state index contributed by atoms with van der Waals surface area (Å²) in [6.07, 6.45) is 0. The number of carbonyl (C=O) groups is 1. The lowest BCUT2D eigenvalue weighted by Crippen LogP contribution is -2.36. The maximum absolute atomic E-state index is 13.0. The zero-order valence-electron chi connectivity index (χ0n) is 16.2. The molecule has 9 heteroatoms. The van der Waals surface area contributed by atoms with Crippen LogP contribution in [0.1, 0.15) is 19.7 Å². The number of para-hydroxylation sites is 1. The highest BCUT2D eigenvalue weighted by Gasteiger charge is 2.24. The molecule has 1 heterocycles. The maximum atomic E-state index is 13.0. The van der Waals surface area contributed by atoms with Crippen molar-refractivity contribution in [2.75, 3.05) is 17.3 Å². The summed E-state index contributed by atoms with van der Waals surface area (Å²) >= 11 is 1.23. The summed E-state index contributed by atoms with van der Waals surface area (Å²) in [6, 6.07) is 15.2. The number of halogens is 1. The van der Waals surface area contributed by atoms with Crippen LogP contribution in [-0.2, 0) is 11.4 Å². The molecule has 2 aromatic carbocycles. The molecule has 3 aromatic rings. The van der Waals surface area contributed by atoms with Gasteiger partial charge in [0.05, 0.1) is 5.25 Å². The van der Waals surface area contributed by atoms with Crippen molar-refractivity contribution in [2.45, 2.75) is 30.9 Å². The van der Waals surface area contributed by atoms with Gasteiger partial charge in [-0.3, -0.25) is 4.79 Å². The van der Waals surface area contributed by atoms with E-state index in [0.29, 0.717) is 23.3 Å². The molecule has 0 saturated carbocycles. The Hall–Kier alpha value is -3.07. The van der Waals surface area contributed by atoms with Crippen molar-refractivity contribution < 1.29 is 13.9 Å². The third kappa shape index (κ3) is 5.05. The first-order valence-corrected chi connectivity index (χ1v) is 9.98. The van der Waals surface area contributed by atoms with Gasteiger partial charge in [-0.1, -0.05) is 30.0 Å². The second-order valence-electron chi connectivity index (χ2n) is 6.19. The molecule has 29 heavy (non-hydrogen) atoms. The molecule has 0 bridgehead atoms. The van der Waals surface area contributed by atoms with E-state index in [0.717, 1.165) is 5.69 Å². The van der Waals surface area contributed by atoms with E-state index in [2.05, 4.69) is 10.2 Å². The van der Waals surface area contributed by atoms with E-state index >= 15 is 0 Å². The van der Waals surface area contributed by atoms with E-state index in [-0.39, 0.29) is 18.3 Å². The number of anilines is 1. The van der Waals surface area contributed by atoms with Gasteiger partial charge >= 0.3 is 0 Å². The number of benzene rings is 2. The highest BCUT2D eigenvalue weighted by molar-refractivity contribution is 8.00. The zero-order chi connectivity index (χ0) is 20.8. The molecule has 1 aromatic heterocycles. The number of amides is 1. The van der Waals surface area contributed by atoms with Crippen LogP contribution >= 0.6 is 11.8 Å². The molecule has 3 rings (SSSR count). The van der Waals surface area contributed by atoms with Gasteiger partial charge in [-0.2, -0.15) is 0 Å². The Bertz CT molecular complexity index is 949. The molecular formula is C20H22FN5O2S. The zero-order valence-corrected chi connectivity index (χ0v) is 17.0. The lowest BCUT2D eigenvalue weighted by atomic mass is 10.2. The quantitative estimate of drug-likeness (QED) is 0.449. The topological polar surface area (TPSA) is 86.3 Å². The molecule has 0 spiro atoms. The predicted octanol–water partition coefficient (Wildman–Crippen LogP) is 3.24. The number of rotatable bonds is 8. The van der Waals surface area contributed by atoms with Crippen molar-refractivity contribution in [3.8, 4) is 5.75 Å². The van der Waals surface area contributed by atoms with Gasteiger partial charge in [-0.15, -0.1) is 10.2 Å². The number of thioether (sulfide) groups is 1. The van der Waals surface area contributed by atoms with Crippen molar-refractivity contribution in [3.05, 3.63) is 66.2 Å². The SMILES string of the molecule is CCN(C(=O)C(C)Sc1nnc(COc2ccc(F)cc2)n1N)c1ccccc1. The fourth-order valence-corrected chi connectivity index (χ4v) is 3.52. The number of nitrogens with zero attached hydrogens (tertiary/aromatic N) is 4. The molecule has 0 fully saturated rings. The molecule has 0 saturated heterocycles. The highest BCUT2D eigenvalue weighted by atomic mass is 32.2. The van der Waals surface area contributed by atoms with Crippen molar-refractivity contribution in [1.82, 2.24) is 14.9 Å². The lowest BCUT2D eigenvalue weighted by molar-refractivity contribution is -0.117. The van der Waals surface area contributed by atoms with Crippen LogP contribution in [-0.4, -0.2) is 32.6 Å². The number of ether oxygens (including phenoxy) is 1. The summed E-state index contributed by atoms with van der Waals surface area (Å²) < 4.78 is 19.8. The van der Waals surface area contributed by atoms with Gasteiger partial charge in [0.2, 0.25) is 11.1 Å². The Balaban J connectivity index is 1.64. The molecular weight excluding hydrogens is 393 g/mol. The van der Waals surface area contributed by atoms with E-state index in [4.69, 9.17) is 10.6 Å². The lowest BCUT2D eigenvalue weighted by Gasteiger charge is -2.24. The molecule has 0 radical (unpaired) electrons. The van der Waals surface area contributed by atoms with Crippen molar-refractivity contribution in [2.24, 2.45) is 0 Å². The van der Waals surface area contributed by atoms with Gasteiger partial charge in [-0.25, -0.2) is 9.07 Å². The standard InChI is InChI=1S/C20H22FN5O2S/c1-3-25(16-7-5-4-6-8-16)19(27)14(2)29-20-24-23-18(26(20)22)13-28-17-11-9-15(21)10-12-17/h4-12,14H,3,13,22H2,1-2H3. The van der Waals surface area contributed by atoms with Crippen LogP contribution in [0.15, 0.2) is 59.8 Å². The maximum Gasteiger partial charge on any atom is 0.240 e. The first-order valence-electron chi connectivity index (χ1n) is 9.10. The van der Waals surface area contributed by atoms with E-state index in [1.807, 2.05) is 44.2 Å². The average molecular weight is 415 g/mol. The molecule has 152 valence electrons. The predicted molar refractivity (Wildman–Crippen MR) is 111 cm³/mol. The van der Waals surface area contributed by atoms with Crippen molar-refractivity contribution in [3.63, 3.8) is 0 Å². The number of aromatic nitrogens is 3. The van der Waals surface area contributed by atoms with E-state index < -0.39 is 5.25 Å². The first-order chi connectivity index (χ1) is 14.0. The van der Waals surface area contributed by atoms with E-state index in [1.165, 1.54) is 40.7 Å². The fraction of sp³-hybridized carbons (Fsp3) is 0.250. The normalized spacial score (nSPS) is 11.8. The summed E-state index contributed by atoms with van der Waals surface area (Å²) in [5, 5.41) is 8.09. The fourth-order valence-electron chi connectivity index (χ4n) is 2.67. The average Bonchev–Trinajstić information content (AvgIpc) is 3.08. The molecule has 2 N–H and O–H groups in total. The molecule has 0 aliphatic carbocycles. The van der Waals surface area contributed by atoms with Crippen molar-refractivity contribution >= 4 is 23.4 Å². The third-order valence-electron chi connectivity index (χ3n) is 4.20. The molecule has 1 atom stereocenters. The van der Waals surface area contributed by atoms with Gasteiger partial charge in [0.25, 0.3) is 0 Å². The second kappa shape index (κ2) is 9.42. The Labute approximate surface area is 172 Å². The molecule has 0 aliphatic heterocycles. The minimum Gasteiger partial charge on any atom is -0.486 e. The summed E-state index contributed by atoms with van der Waals surface area (Å²) in [5.41, 5.74) is 0.843.